The van der Waals surface area contributed by atoms with Gasteiger partial charge in [-0.15, -0.1) is 0 Å². The molecule has 2 aromatic rings. The predicted molar refractivity (Wildman–Crippen MR) is 88.5 cm³/mol. The van der Waals surface area contributed by atoms with E-state index in [2.05, 4.69) is 4.72 Å². The van der Waals surface area contributed by atoms with Crippen molar-refractivity contribution in [2.75, 3.05) is 18.9 Å². The summed E-state index contributed by atoms with van der Waals surface area (Å²) in [6.07, 6.45) is 0. The van der Waals surface area contributed by atoms with Gasteiger partial charge in [0.05, 0.1) is 19.8 Å². The highest BCUT2D eigenvalue weighted by atomic mass is 32.2. The number of hydrogen-bond donors (Lipinski definition) is 2. The molecule has 0 atom stereocenters. The maximum atomic E-state index is 12.6. The van der Waals surface area contributed by atoms with Gasteiger partial charge >= 0.3 is 5.97 Å². The quantitative estimate of drug-likeness (QED) is 0.829. The van der Waals surface area contributed by atoms with Gasteiger partial charge in [-0.1, -0.05) is 0 Å². The molecule has 8 heteroatoms. The van der Waals surface area contributed by atoms with Crippen LogP contribution in [-0.4, -0.2) is 33.7 Å². The molecule has 0 fully saturated rings. The first-order valence-corrected chi connectivity index (χ1v) is 8.35. The zero-order chi connectivity index (χ0) is 17.9. The average molecular weight is 351 g/mol. The van der Waals surface area contributed by atoms with Crippen molar-refractivity contribution in [1.29, 1.82) is 0 Å². The van der Waals surface area contributed by atoms with Gasteiger partial charge in [0.1, 0.15) is 16.4 Å². The Hall–Kier alpha value is -2.74. The molecule has 0 unspecified atom stereocenters. The zero-order valence-corrected chi connectivity index (χ0v) is 14.2. The fourth-order valence-corrected chi connectivity index (χ4v) is 3.41. The van der Waals surface area contributed by atoms with Crippen LogP contribution >= 0.6 is 0 Å². The van der Waals surface area contributed by atoms with Crippen LogP contribution in [0.3, 0.4) is 0 Å². The Morgan fingerprint density at radius 1 is 1.08 bits per heavy atom. The number of sulfonamides is 1. The normalized spacial score (nSPS) is 11.0. The second-order valence-electron chi connectivity index (χ2n) is 4.96. The minimum atomic E-state index is -3.94. The fraction of sp³-hybridized carbons (Fsp3) is 0.188. The maximum Gasteiger partial charge on any atom is 0.335 e. The fourth-order valence-electron chi connectivity index (χ4n) is 2.17. The molecule has 0 amide bonds. The van der Waals surface area contributed by atoms with Crippen molar-refractivity contribution in [2.24, 2.45) is 0 Å². The van der Waals surface area contributed by atoms with Gasteiger partial charge in [0.2, 0.25) is 0 Å². The van der Waals surface area contributed by atoms with Crippen molar-refractivity contribution < 1.29 is 27.8 Å². The molecular weight excluding hydrogens is 334 g/mol. The third-order valence-corrected chi connectivity index (χ3v) is 4.77. The molecule has 7 nitrogen and oxygen atoms in total. The molecule has 0 aliphatic heterocycles. The standard InChI is InChI=1S/C16H17NO6S/c1-10-8-11(4-6-13(10)16(18)19)17-24(20,21)15-9-12(22-2)5-7-14(15)23-3/h4-9,17H,1-3H3,(H,18,19). The van der Waals surface area contributed by atoms with Crippen molar-refractivity contribution in [3.63, 3.8) is 0 Å². The summed E-state index contributed by atoms with van der Waals surface area (Å²) in [6, 6.07) is 8.61. The highest BCUT2D eigenvalue weighted by Gasteiger charge is 2.21. The van der Waals surface area contributed by atoms with E-state index in [9.17, 15) is 13.2 Å². The summed E-state index contributed by atoms with van der Waals surface area (Å²) in [4.78, 5) is 10.9. The van der Waals surface area contributed by atoms with E-state index in [1.54, 1.807) is 13.0 Å². The maximum absolute atomic E-state index is 12.6. The summed E-state index contributed by atoms with van der Waals surface area (Å²) in [5, 5.41) is 9.02. The molecule has 2 N–H and O–H groups in total. The number of carbonyl (C=O) groups is 1. The van der Waals surface area contributed by atoms with Crippen LogP contribution in [0.25, 0.3) is 0 Å². The molecule has 0 aliphatic rings. The van der Waals surface area contributed by atoms with E-state index in [-0.39, 0.29) is 21.9 Å². The topological polar surface area (TPSA) is 102 Å². The van der Waals surface area contributed by atoms with Crippen molar-refractivity contribution >= 4 is 21.7 Å². The number of anilines is 1. The molecule has 0 bridgehead atoms. The van der Waals surface area contributed by atoms with Crippen LogP contribution in [0.5, 0.6) is 11.5 Å². The number of nitrogens with one attached hydrogen (secondary N) is 1. The number of benzene rings is 2. The van der Waals surface area contributed by atoms with Gasteiger partial charge < -0.3 is 14.6 Å². The zero-order valence-electron chi connectivity index (χ0n) is 13.4. The molecule has 0 saturated heterocycles. The van der Waals surface area contributed by atoms with Crippen molar-refractivity contribution in [1.82, 2.24) is 0 Å². The lowest BCUT2D eigenvalue weighted by Crippen LogP contribution is -2.14. The number of ether oxygens (including phenoxy) is 2. The number of aromatic carboxylic acids is 1. The van der Waals surface area contributed by atoms with Gasteiger partial charge in [-0.25, -0.2) is 13.2 Å². The lowest BCUT2D eigenvalue weighted by atomic mass is 10.1. The first kappa shape index (κ1) is 17.6. The van der Waals surface area contributed by atoms with Gasteiger partial charge in [0, 0.05) is 11.8 Å². The molecule has 0 spiro atoms. The second kappa shape index (κ2) is 6.79. The largest absolute Gasteiger partial charge is 0.497 e. The first-order valence-electron chi connectivity index (χ1n) is 6.87. The molecule has 24 heavy (non-hydrogen) atoms. The van der Waals surface area contributed by atoms with E-state index in [0.717, 1.165) is 0 Å². The summed E-state index contributed by atoms with van der Waals surface area (Å²) in [5.41, 5.74) is 0.805. The van der Waals surface area contributed by atoms with Gasteiger partial charge in [-0.2, -0.15) is 0 Å². The monoisotopic (exact) mass is 351 g/mol. The summed E-state index contributed by atoms with van der Waals surface area (Å²) < 4.78 is 37.8. The summed E-state index contributed by atoms with van der Waals surface area (Å²) >= 11 is 0. The Morgan fingerprint density at radius 2 is 1.79 bits per heavy atom. The van der Waals surface area contributed by atoms with Gasteiger partial charge in [-0.05, 0) is 42.8 Å². The second-order valence-corrected chi connectivity index (χ2v) is 6.61. The molecule has 0 aromatic heterocycles. The van der Waals surface area contributed by atoms with Crippen LogP contribution in [0.2, 0.25) is 0 Å². The lowest BCUT2D eigenvalue weighted by Gasteiger charge is -2.13. The van der Waals surface area contributed by atoms with Gasteiger partial charge in [-0.3, -0.25) is 4.72 Å². The lowest BCUT2D eigenvalue weighted by molar-refractivity contribution is 0.0696. The summed E-state index contributed by atoms with van der Waals surface area (Å²) in [7, 11) is -1.14. The van der Waals surface area contributed by atoms with E-state index in [1.165, 1.54) is 44.6 Å². The Morgan fingerprint density at radius 3 is 2.33 bits per heavy atom. The molecule has 128 valence electrons. The Balaban J connectivity index is 2.42. The van der Waals surface area contributed by atoms with Crippen LogP contribution < -0.4 is 14.2 Å². The predicted octanol–water partition coefficient (Wildman–Crippen LogP) is 2.51. The van der Waals surface area contributed by atoms with E-state index >= 15 is 0 Å². The molecule has 2 aromatic carbocycles. The Kier molecular flexibility index (Phi) is 4.99. The third-order valence-electron chi connectivity index (χ3n) is 3.37. The Labute approximate surface area is 139 Å². The van der Waals surface area contributed by atoms with E-state index in [1.807, 2.05) is 0 Å². The summed E-state index contributed by atoms with van der Waals surface area (Å²) in [5.74, 6) is -0.535. The summed E-state index contributed by atoms with van der Waals surface area (Å²) in [6.45, 7) is 1.59. The number of methoxy groups -OCH3 is 2. The van der Waals surface area contributed by atoms with Crippen LogP contribution in [0, 0.1) is 6.92 Å². The molecule has 0 radical (unpaired) electrons. The van der Waals surface area contributed by atoms with Crippen LogP contribution in [0.1, 0.15) is 15.9 Å². The molecule has 2 rings (SSSR count). The van der Waals surface area contributed by atoms with Gasteiger partial charge in [0.25, 0.3) is 10.0 Å². The van der Waals surface area contributed by atoms with Crippen molar-refractivity contribution in [3.05, 3.63) is 47.5 Å². The molecule has 0 aliphatic carbocycles. The first-order chi connectivity index (χ1) is 11.3. The smallest absolute Gasteiger partial charge is 0.335 e. The van der Waals surface area contributed by atoms with E-state index in [0.29, 0.717) is 11.3 Å². The highest BCUT2D eigenvalue weighted by molar-refractivity contribution is 7.92. The SMILES string of the molecule is COc1ccc(OC)c(S(=O)(=O)Nc2ccc(C(=O)O)c(C)c2)c1. The highest BCUT2D eigenvalue weighted by Crippen LogP contribution is 2.30. The van der Waals surface area contributed by atoms with Crippen LogP contribution in [0.4, 0.5) is 5.69 Å². The average Bonchev–Trinajstić information content (AvgIpc) is 2.53. The Bertz CT molecular complexity index is 876. The number of carboxylic acids is 1. The number of hydrogen-bond acceptors (Lipinski definition) is 5. The van der Waals surface area contributed by atoms with Crippen LogP contribution in [0.15, 0.2) is 41.3 Å². The number of aryl methyl sites for hydroxylation is 1. The minimum Gasteiger partial charge on any atom is -0.497 e. The molecule has 0 saturated carbocycles. The number of rotatable bonds is 6. The molecule has 0 heterocycles. The van der Waals surface area contributed by atoms with Crippen LogP contribution in [-0.2, 0) is 10.0 Å². The number of carboxylic acid groups (broad SMARTS) is 1. The third kappa shape index (κ3) is 3.60. The van der Waals surface area contributed by atoms with E-state index < -0.39 is 16.0 Å². The molecular formula is C16H17NO6S. The van der Waals surface area contributed by atoms with E-state index in [4.69, 9.17) is 14.6 Å². The van der Waals surface area contributed by atoms with Crippen molar-refractivity contribution in [2.45, 2.75) is 11.8 Å². The van der Waals surface area contributed by atoms with Gasteiger partial charge in [0.15, 0.2) is 0 Å². The van der Waals surface area contributed by atoms with Crippen molar-refractivity contribution in [3.8, 4) is 11.5 Å². The minimum absolute atomic E-state index is 0.0793.